The van der Waals surface area contributed by atoms with Gasteiger partial charge in [0.2, 0.25) is 12.3 Å². The molecule has 2 fully saturated rings. The van der Waals surface area contributed by atoms with Crippen molar-refractivity contribution in [1.29, 1.82) is 0 Å². The van der Waals surface area contributed by atoms with E-state index in [2.05, 4.69) is 32.2 Å². The Morgan fingerprint density at radius 3 is 2.28 bits per heavy atom. The zero-order valence-corrected chi connectivity index (χ0v) is 39.4. The molecule has 4 heterocycles. The molecule has 4 aromatic rings. The number of benzene rings is 2. The molecule has 2 aliphatic heterocycles. The maximum absolute atomic E-state index is 14.7. The molecule has 0 bridgehead atoms. The van der Waals surface area contributed by atoms with Crippen molar-refractivity contribution >= 4 is 46.4 Å². The highest BCUT2D eigenvalue weighted by atomic mass is 16.7. The van der Waals surface area contributed by atoms with Crippen molar-refractivity contribution in [3.8, 4) is 0 Å². The van der Waals surface area contributed by atoms with E-state index in [1.807, 2.05) is 89.0 Å². The molecule has 0 radical (unpaired) electrons. The maximum atomic E-state index is 14.7. The van der Waals surface area contributed by atoms with Crippen molar-refractivity contribution < 1.29 is 38.1 Å². The molecule has 0 saturated carbocycles. The Hall–Kier alpha value is -5.52. The number of hydrogen-bond acceptors (Lipinski definition) is 13. The minimum absolute atomic E-state index is 0.0127. The zero-order valence-electron chi connectivity index (χ0n) is 39.4. The number of aromatic nitrogens is 3. The van der Waals surface area contributed by atoms with Crippen LogP contribution in [0.2, 0.25) is 0 Å². The van der Waals surface area contributed by atoms with E-state index < -0.39 is 24.0 Å². The van der Waals surface area contributed by atoms with Crippen LogP contribution >= 0.6 is 0 Å². The van der Waals surface area contributed by atoms with Crippen LogP contribution in [0.3, 0.4) is 0 Å². The Balaban J connectivity index is 1.22. The highest BCUT2D eigenvalue weighted by molar-refractivity contribution is 5.84. The fourth-order valence-electron chi connectivity index (χ4n) is 8.65. The third-order valence-corrected chi connectivity index (χ3v) is 13.5. The molecule has 2 amide bonds. The van der Waals surface area contributed by atoms with Gasteiger partial charge in [-0.3, -0.25) is 23.9 Å². The quantitative estimate of drug-likeness (QED) is 0.0740. The largest absolute Gasteiger partial charge is 0.510 e. The minimum atomic E-state index is -0.906. The number of hydrogen-bond donors (Lipinski definition) is 2. The first-order chi connectivity index (χ1) is 31.0. The lowest BCUT2D eigenvalue weighted by molar-refractivity contribution is -0.135. The topological polar surface area (TPSA) is 179 Å². The number of pyridine rings is 1. The summed E-state index contributed by atoms with van der Waals surface area (Å²) >= 11 is 0. The average Bonchev–Trinajstić information content (AvgIpc) is 3.70. The van der Waals surface area contributed by atoms with Gasteiger partial charge >= 0.3 is 12.3 Å². The van der Waals surface area contributed by atoms with Crippen LogP contribution in [0, 0.1) is 12.3 Å². The van der Waals surface area contributed by atoms with Gasteiger partial charge in [-0.05, 0) is 120 Å². The number of carbonyl (C=O) groups is 4. The van der Waals surface area contributed by atoms with Gasteiger partial charge in [0.25, 0.3) is 5.56 Å². The van der Waals surface area contributed by atoms with Crippen LogP contribution < -0.4 is 16.2 Å². The van der Waals surface area contributed by atoms with Gasteiger partial charge in [0.05, 0.1) is 24.2 Å². The Labute approximate surface area is 381 Å². The average molecular weight is 901 g/mol. The molecule has 2 saturated heterocycles. The second-order valence-electron chi connectivity index (χ2n) is 19.0. The second-order valence-corrected chi connectivity index (χ2v) is 19.0. The summed E-state index contributed by atoms with van der Waals surface area (Å²) in [7, 11) is 3.37. The molecule has 65 heavy (non-hydrogen) atoms. The van der Waals surface area contributed by atoms with Crippen LogP contribution in [0.4, 0.5) is 9.59 Å². The minimum Gasteiger partial charge on any atom is -0.438 e. The van der Waals surface area contributed by atoms with Gasteiger partial charge in [-0.1, -0.05) is 45.0 Å². The molecule has 17 heteroatoms. The van der Waals surface area contributed by atoms with Crippen molar-refractivity contribution in [3.63, 3.8) is 0 Å². The van der Waals surface area contributed by atoms with Crippen molar-refractivity contribution in [3.05, 3.63) is 75.7 Å². The van der Waals surface area contributed by atoms with Gasteiger partial charge in [-0.15, -0.1) is 0 Å². The van der Waals surface area contributed by atoms with Gasteiger partial charge in [0.1, 0.15) is 5.60 Å². The van der Waals surface area contributed by atoms with Gasteiger partial charge in [0.15, 0.2) is 13.5 Å². The molecule has 2 atom stereocenters. The highest BCUT2D eigenvalue weighted by Crippen LogP contribution is 2.33. The monoisotopic (exact) mass is 901 g/mol. The molecule has 2 aliphatic rings. The Bertz CT molecular complexity index is 2340. The Morgan fingerprint density at radius 1 is 0.892 bits per heavy atom. The number of likely N-dealkylation sites (tertiary alicyclic amines) is 1. The van der Waals surface area contributed by atoms with Crippen LogP contribution in [-0.2, 0) is 48.4 Å². The lowest BCUT2D eigenvalue weighted by atomic mass is 9.79. The molecule has 2 N–H and O–H groups in total. The number of rotatable bonds is 18. The van der Waals surface area contributed by atoms with Crippen molar-refractivity contribution in [1.82, 2.24) is 39.7 Å². The highest BCUT2D eigenvalue weighted by Gasteiger charge is 2.37. The smallest absolute Gasteiger partial charge is 0.438 e. The normalized spacial score (nSPS) is 16.6. The third kappa shape index (κ3) is 12.4. The molecular weight excluding hydrogens is 833 g/mol. The van der Waals surface area contributed by atoms with E-state index in [0.29, 0.717) is 69.0 Å². The number of methoxy groups -OCH3 is 1. The summed E-state index contributed by atoms with van der Waals surface area (Å²) in [6.07, 6.45) is 4.36. The summed E-state index contributed by atoms with van der Waals surface area (Å²) < 4.78 is 24.0. The number of fused-ring (bicyclic) bond motifs is 2. The second kappa shape index (κ2) is 21.6. The first-order valence-corrected chi connectivity index (χ1v) is 22.8. The van der Waals surface area contributed by atoms with Crippen molar-refractivity contribution in [2.75, 3.05) is 66.5 Å². The SMILES string of the molecule is COC(=O)OCn1c(=O)c(C(CCNC=O)CCNC(Cc2cc(C)c3nn(COC(=O)OC(C)(C)C(C)(C)C)cc3c2)C(=O)N2CCN(C3CCN(C)CC3)CC2)cc2ccccc21. The first-order valence-electron chi connectivity index (χ1n) is 22.8. The van der Waals surface area contributed by atoms with Gasteiger partial charge in [-0.25, -0.2) is 14.3 Å². The number of para-hydroxylation sites is 1. The van der Waals surface area contributed by atoms with Crippen LogP contribution in [0.5, 0.6) is 0 Å². The van der Waals surface area contributed by atoms with Gasteiger partial charge < -0.3 is 39.4 Å². The van der Waals surface area contributed by atoms with E-state index in [1.54, 1.807) is 10.7 Å². The molecule has 354 valence electrons. The number of nitrogens with one attached hydrogen (secondary N) is 2. The lowest BCUT2D eigenvalue weighted by Crippen LogP contribution is -2.57. The lowest BCUT2D eigenvalue weighted by Gasteiger charge is -2.42. The van der Waals surface area contributed by atoms with E-state index >= 15 is 0 Å². The molecular formula is C48H68N8O9. The number of ether oxygens (including phenoxy) is 4. The van der Waals surface area contributed by atoms with Crippen molar-refractivity contribution in [2.24, 2.45) is 5.41 Å². The van der Waals surface area contributed by atoms with Crippen LogP contribution in [0.15, 0.2) is 53.5 Å². The molecule has 17 nitrogen and oxygen atoms in total. The van der Waals surface area contributed by atoms with Crippen LogP contribution in [-0.4, -0.2) is 138 Å². The molecule has 2 aromatic heterocycles. The van der Waals surface area contributed by atoms with Crippen LogP contribution in [0.1, 0.15) is 82.9 Å². The first kappa shape index (κ1) is 48.9. The zero-order chi connectivity index (χ0) is 46.9. The number of carbonyl (C=O) groups excluding carboxylic acids is 4. The van der Waals surface area contributed by atoms with Crippen molar-refractivity contribution in [2.45, 2.75) is 111 Å². The van der Waals surface area contributed by atoms with E-state index in [0.717, 1.165) is 66.4 Å². The van der Waals surface area contributed by atoms with Gasteiger partial charge in [-0.2, -0.15) is 5.10 Å². The van der Waals surface area contributed by atoms with Gasteiger partial charge in [0, 0.05) is 61.3 Å². The fourth-order valence-corrected chi connectivity index (χ4v) is 8.65. The molecule has 2 unspecified atom stereocenters. The summed E-state index contributed by atoms with van der Waals surface area (Å²) in [5.41, 5.74) is 2.35. The third-order valence-electron chi connectivity index (χ3n) is 13.5. The van der Waals surface area contributed by atoms with E-state index in [4.69, 9.17) is 19.3 Å². The summed E-state index contributed by atoms with van der Waals surface area (Å²) in [6, 6.07) is 13.2. The van der Waals surface area contributed by atoms with E-state index in [9.17, 15) is 24.0 Å². The predicted octanol–water partition coefficient (Wildman–Crippen LogP) is 5.38. The Kier molecular flexibility index (Phi) is 16.3. The summed E-state index contributed by atoms with van der Waals surface area (Å²) in [4.78, 5) is 71.7. The summed E-state index contributed by atoms with van der Waals surface area (Å²) in [6.45, 7) is 17.0. The van der Waals surface area contributed by atoms with E-state index in [-0.39, 0.29) is 36.3 Å². The molecule has 0 spiro atoms. The summed E-state index contributed by atoms with van der Waals surface area (Å²) in [5.74, 6) is -0.313. The van der Waals surface area contributed by atoms with Crippen LogP contribution in [0.25, 0.3) is 21.8 Å². The number of nitrogens with zero attached hydrogens (tertiary/aromatic N) is 6. The maximum Gasteiger partial charge on any atom is 0.510 e. The standard InChI is InChI=1S/C48H68N8O9/c1-33-25-34(26-37-29-55(51-42(33)37)31-63-46(61)65-48(5,6)47(2,3)4)27-40(44(59)54-23-21-53(22-24-54)38-15-19-52(7)20-16-38)50-18-14-35(13-17-49-30-57)39-28-36-11-9-10-12-41(36)56(43(39)58)32-64-45(60)62-8/h9-12,25-26,28-30,35,38,40,50H,13-24,27,31-32H2,1-8H3,(H,49,57). The Morgan fingerprint density at radius 2 is 1.58 bits per heavy atom. The number of aryl methyl sites for hydroxylation is 1. The molecule has 6 rings (SSSR count). The molecule has 2 aromatic carbocycles. The summed E-state index contributed by atoms with van der Waals surface area (Å²) in [5, 5.41) is 12.7. The number of piperidine rings is 1. The number of piperazine rings is 1. The number of amides is 2. The fraction of sp³-hybridized carbons (Fsp3) is 0.583. The van der Waals surface area contributed by atoms with E-state index in [1.165, 1.54) is 11.7 Å². The predicted molar refractivity (Wildman–Crippen MR) is 247 cm³/mol. The molecule has 0 aliphatic carbocycles.